The Bertz CT molecular complexity index is 1760. The first kappa shape index (κ1) is 30.4. The van der Waals surface area contributed by atoms with E-state index in [2.05, 4.69) is 31.2 Å². The predicted octanol–water partition coefficient (Wildman–Crippen LogP) is 5.93. The molecule has 3 aromatic heterocycles. The first-order chi connectivity index (χ1) is 21.6. The molecule has 6 rings (SSSR count). The molecule has 0 saturated carbocycles. The van der Waals surface area contributed by atoms with Gasteiger partial charge in [0.15, 0.2) is 0 Å². The van der Waals surface area contributed by atoms with E-state index in [1.807, 2.05) is 24.9 Å². The Balaban J connectivity index is 1.19. The maximum Gasteiger partial charge on any atom is 0.416 e. The molecular weight excluding hydrogens is 585 g/mol. The summed E-state index contributed by atoms with van der Waals surface area (Å²) in [6, 6.07) is 10.8. The van der Waals surface area contributed by atoms with Crippen molar-refractivity contribution in [3.63, 3.8) is 0 Å². The lowest BCUT2D eigenvalue weighted by Crippen LogP contribution is -2.44. The van der Waals surface area contributed by atoms with Crippen LogP contribution >= 0.6 is 0 Å². The zero-order valence-corrected chi connectivity index (χ0v) is 25.0. The van der Waals surface area contributed by atoms with Crippen LogP contribution in [0.5, 0.6) is 11.5 Å². The van der Waals surface area contributed by atoms with Crippen molar-refractivity contribution >= 4 is 22.8 Å². The van der Waals surface area contributed by atoms with Crippen molar-refractivity contribution in [2.45, 2.75) is 38.5 Å². The van der Waals surface area contributed by atoms with E-state index in [4.69, 9.17) is 4.74 Å². The minimum absolute atomic E-state index is 0.0549. The fourth-order valence-electron chi connectivity index (χ4n) is 5.93. The molecule has 45 heavy (non-hydrogen) atoms. The standard InChI is InChI=1S/C32H33F3N8O2/c1-3-20-18-43(19-22-12-25(16-38-29(20)22)45-28-6-7-37-30-26(28)13-24(15-36)39-30)31(44)40-23-5-4-21(27(14-23)32(33,34)35)17-42-10-8-41(2)9-11-42/h4-7,12-14,16,20H,3,8-11,17-19H2,1-2H3,(H,37,39)(H,40,44)/t20-/m1/s1. The Morgan fingerprint density at radius 1 is 1.16 bits per heavy atom. The molecule has 0 radical (unpaired) electrons. The number of halogens is 3. The molecule has 5 heterocycles. The van der Waals surface area contributed by atoms with Crippen molar-refractivity contribution in [3.05, 3.63) is 76.9 Å². The minimum Gasteiger partial charge on any atom is -0.455 e. The monoisotopic (exact) mass is 618 g/mol. The number of carbonyl (C=O) groups is 1. The zero-order valence-electron chi connectivity index (χ0n) is 25.0. The number of aromatic nitrogens is 3. The van der Waals surface area contributed by atoms with E-state index in [1.165, 1.54) is 12.1 Å². The van der Waals surface area contributed by atoms with Gasteiger partial charge >= 0.3 is 12.2 Å². The summed E-state index contributed by atoms with van der Waals surface area (Å²) < 4.78 is 48.5. The van der Waals surface area contributed by atoms with Gasteiger partial charge in [0.2, 0.25) is 0 Å². The van der Waals surface area contributed by atoms with E-state index < -0.39 is 17.8 Å². The van der Waals surface area contributed by atoms with Gasteiger partial charge in [-0.3, -0.25) is 9.88 Å². The highest BCUT2D eigenvalue weighted by molar-refractivity contribution is 5.90. The number of amides is 2. The highest BCUT2D eigenvalue weighted by Gasteiger charge is 2.35. The van der Waals surface area contributed by atoms with Gasteiger partial charge in [0.25, 0.3) is 0 Å². The quantitative estimate of drug-likeness (QED) is 0.276. The van der Waals surface area contributed by atoms with E-state index in [0.717, 1.165) is 30.4 Å². The summed E-state index contributed by atoms with van der Waals surface area (Å²) in [5, 5.41) is 12.6. The van der Waals surface area contributed by atoms with Gasteiger partial charge in [-0.25, -0.2) is 9.78 Å². The van der Waals surface area contributed by atoms with Gasteiger partial charge in [0, 0.05) is 63.6 Å². The molecule has 1 atom stereocenters. The average molecular weight is 619 g/mol. The molecular formula is C32H33F3N8O2. The zero-order chi connectivity index (χ0) is 31.7. The van der Waals surface area contributed by atoms with E-state index in [1.54, 1.807) is 29.4 Å². The molecule has 0 bridgehead atoms. The third-order valence-corrected chi connectivity index (χ3v) is 8.44. The average Bonchev–Trinajstić information content (AvgIpc) is 3.46. The number of nitrogens with zero attached hydrogens (tertiary/aromatic N) is 6. The molecule has 1 fully saturated rings. The van der Waals surface area contributed by atoms with Gasteiger partial charge in [-0.05, 0) is 54.9 Å². The van der Waals surface area contributed by atoms with Crippen LogP contribution in [0.1, 0.15) is 47.3 Å². The largest absolute Gasteiger partial charge is 0.455 e. The van der Waals surface area contributed by atoms with E-state index in [-0.39, 0.29) is 30.3 Å². The third kappa shape index (κ3) is 6.57. The Labute approximate surface area is 258 Å². The van der Waals surface area contributed by atoms with Crippen molar-refractivity contribution in [3.8, 4) is 17.6 Å². The van der Waals surface area contributed by atoms with Crippen molar-refractivity contribution < 1.29 is 22.7 Å². The number of piperazine rings is 1. The fourth-order valence-corrected chi connectivity index (χ4v) is 5.93. The second-order valence-corrected chi connectivity index (χ2v) is 11.5. The molecule has 2 aliphatic rings. The SMILES string of the molecule is CC[C@@H]1CN(C(=O)Nc2ccc(CN3CCN(C)CC3)c(C(F)(F)F)c2)Cc2cc(Oc3ccnc4[nH]c(C#N)cc34)cnc21. The highest BCUT2D eigenvalue weighted by Crippen LogP contribution is 2.36. The number of fused-ring (bicyclic) bond motifs is 2. The van der Waals surface area contributed by atoms with Gasteiger partial charge in [-0.15, -0.1) is 0 Å². The number of aromatic amines is 1. The van der Waals surface area contributed by atoms with Crippen molar-refractivity contribution in [2.75, 3.05) is 45.1 Å². The van der Waals surface area contributed by atoms with Gasteiger partial charge in [0.05, 0.1) is 22.8 Å². The number of nitriles is 1. The molecule has 4 aromatic rings. The molecule has 1 saturated heterocycles. The van der Waals surface area contributed by atoms with Crippen LogP contribution in [0.25, 0.3) is 11.0 Å². The Morgan fingerprint density at radius 3 is 2.69 bits per heavy atom. The lowest BCUT2D eigenvalue weighted by atomic mass is 9.92. The number of likely N-dealkylation sites (N-methyl/N-ethyl adjacent to an activating group) is 1. The number of H-pyrrole nitrogens is 1. The number of hydrogen-bond donors (Lipinski definition) is 2. The third-order valence-electron chi connectivity index (χ3n) is 8.44. The van der Waals surface area contributed by atoms with Crippen LogP contribution in [-0.4, -0.2) is 75.5 Å². The maximum absolute atomic E-state index is 14.1. The lowest BCUT2D eigenvalue weighted by Gasteiger charge is -2.34. The smallest absolute Gasteiger partial charge is 0.416 e. The Hall–Kier alpha value is -4.67. The predicted molar refractivity (Wildman–Crippen MR) is 162 cm³/mol. The van der Waals surface area contributed by atoms with Crippen molar-refractivity contribution in [2.24, 2.45) is 0 Å². The number of anilines is 1. The van der Waals surface area contributed by atoms with E-state index in [9.17, 15) is 23.2 Å². The van der Waals surface area contributed by atoms with Crippen molar-refractivity contribution in [1.82, 2.24) is 29.7 Å². The summed E-state index contributed by atoms with van der Waals surface area (Å²) in [6.07, 6.45) is -0.638. The number of hydrogen-bond acceptors (Lipinski definition) is 7. The number of pyridine rings is 2. The summed E-state index contributed by atoms with van der Waals surface area (Å²) in [5.74, 6) is 0.887. The lowest BCUT2D eigenvalue weighted by molar-refractivity contribution is -0.138. The molecule has 0 aliphatic carbocycles. The number of carbonyl (C=O) groups excluding carboxylic acids is 1. The summed E-state index contributed by atoms with van der Waals surface area (Å²) >= 11 is 0. The van der Waals surface area contributed by atoms with Gasteiger partial charge in [-0.1, -0.05) is 13.0 Å². The molecule has 2 amide bonds. The second kappa shape index (κ2) is 12.4. The van der Waals surface area contributed by atoms with E-state index in [0.29, 0.717) is 54.3 Å². The maximum atomic E-state index is 14.1. The molecule has 1 aromatic carbocycles. The summed E-state index contributed by atoms with van der Waals surface area (Å²) in [7, 11) is 2.00. The minimum atomic E-state index is -4.56. The Kier molecular flexibility index (Phi) is 8.35. The van der Waals surface area contributed by atoms with Crippen LogP contribution in [0, 0.1) is 11.3 Å². The van der Waals surface area contributed by atoms with Crippen LogP contribution in [-0.2, 0) is 19.3 Å². The Morgan fingerprint density at radius 2 is 1.96 bits per heavy atom. The number of benzene rings is 1. The fraction of sp³-hybridized carbons (Fsp3) is 0.375. The topological polar surface area (TPSA) is 113 Å². The summed E-state index contributed by atoms with van der Waals surface area (Å²) in [5.41, 5.74) is 2.06. The molecule has 0 unspecified atom stereocenters. The number of alkyl halides is 3. The molecule has 10 nitrogen and oxygen atoms in total. The van der Waals surface area contributed by atoms with Crippen LogP contribution < -0.4 is 10.1 Å². The second-order valence-electron chi connectivity index (χ2n) is 11.5. The molecule has 13 heteroatoms. The van der Waals surface area contributed by atoms with Crippen LogP contribution in [0.2, 0.25) is 0 Å². The van der Waals surface area contributed by atoms with Crippen LogP contribution in [0.4, 0.5) is 23.7 Å². The number of ether oxygens (including phenoxy) is 1. The van der Waals surface area contributed by atoms with E-state index >= 15 is 0 Å². The highest BCUT2D eigenvalue weighted by atomic mass is 19.4. The van der Waals surface area contributed by atoms with Crippen LogP contribution in [0.15, 0.2) is 48.8 Å². The first-order valence-corrected chi connectivity index (χ1v) is 14.8. The number of nitrogens with one attached hydrogen (secondary N) is 2. The van der Waals surface area contributed by atoms with Gasteiger partial charge in [0.1, 0.15) is 28.9 Å². The van der Waals surface area contributed by atoms with Crippen molar-refractivity contribution in [1.29, 1.82) is 5.26 Å². The molecule has 2 N–H and O–H groups in total. The molecule has 234 valence electrons. The summed E-state index contributed by atoms with van der Waals surface area (Å²) in [4.78, 5) is 31.0. The van der Waals surface area contributed by atoms with Gasteiger partial charge in [-0.2, -0.15) is 18.4 Å². The summed E-state index contributed by atoms with van der Waals surface area (Å²) in [6.45, 7) is 5.80. The number of urea groups is 1. The normalized spacial score (nSPS) is 17.6. The number of rotatable bonds is 6. The van der Waals surface area contributed by atoms with Crippen LogP contribution in [0.3, 0.4) is 0 Å². The van der Waals surface area contributed by atoms with Gasteiger partial charge < -0.3 is 24.8 Å². The first-order valence-electron chi connectivity index (χ1n) is 14.8. The molecule has 0 spiro atoms. The molecule has 2 aliphatic heterocycles.